The molecular formula is C20H28N4O4. The largest absolute Gasteiger partial charge is 0.442 e. The van der Waals surface area contributed by atoms with Gasteiger partial charge in [-0.2, -0.15) is 0 Å². The Bertz CT molecular complexity index is 893. The minimum Gasteiger partial charge on any atom is -0.442 e. The van der Waals surface area contributed by atoms with E-state index in [0.717, 1.165) is 32.5 Å². The Hall–Kier alpha value is -2.45. The number of likely N-dealkylation sites (tertiary alicyclic amines) is 1. The fourth-order valence-corrected chi connectivity index (χ4v) is 3.65. The maximum Gasteiger partial charge on any atom is 0.265 e. The van der Waals surface area contributed by atoms with Crippen molar-refractivity contribution in [3.63, 3.8) is 0 Å². The van der Waals surface area contributed by atoms with Crippen LogP contribution < -0.4 is 10.9 Å². The Labute approximate surface area is 164 Å². The quantitative estimate of drug-likeness (QED) is 0.547. The molecule has 0 aliphatic carbocycles. The molecule has 152 valence electrons. The third-order valence-corrected chi connectivity index (χ3v) is 5.14. The van der Waals surface area contributed by atoms with Crippen molar-refractivity contribution in [1.82, 2.24) is 19.8 Å². The molecule has 2 aromatic heterocycles. The molecule has 8 nitrogen and oxygen atoms in total. The van der Waals surface area contributed by atoms with E-state index < -0.39 is 0 Å². The number of methoxy groups -OCH3 is 1. The van der Waals surface area contributed by atoms with Crippen molar-refractivity contribution in [1.29, 1.82) is 0 Å². The van der Waals surface area contributed by atoms with Crippen LogP contribution in [0.15, 0.2) is 28.2 Å². The smallest absolute Gasteiger partial charge is 0.265 e. The highest BCUT2D eigenvalue weighted by Crippen LogP contribution is 2.21. The molecule has 0 unspecified atom stereocenters. The van der Waals surface area contributed by atoms with Gasteiger partial charge in [0.25, 0.3) is 11.5 Å². The molecule has 1 saturated heterocycles. The van der Waals surface area contributed by atoms with Crippen LogP contribution in [0.4, 0.5) is 0 Å². The molecular weight excluding hydrogens is 360 g/mol. The van der Waals surface area contributed by atoms with Crippen LogP contribution in [0.1, 0.15) is 35.4 Å². The molecule has 0 spiro atoms. The lowest BCUT2D eigenvalue weighted by molar-refractivity contribution is 0.0914. The Balaban J connectivity index is 1.79. The lowest BCUT2D eigenvalue weighted by Crippen LogP contribution is -2.44. The van der Waals surface area contributed by atoms with E-state index >= 15 is 0 Å². The molecule has 1 amide bonds. The molecule has 3 rings (SSSR count). The second kappa shape index (κ2) is 9.16. The van der Waals surface area contributed by atoms with Crippen LogP contribution in [0.2, 0.25) is 0 Å². The zero-order valence-corrected chi connectivity index (χ0v) is 16.6. The summed E-state index contributed by atoms with van der Waals surface area (Å²) in [5, 5.41) is 3.32. The van der Waals surface area contributed by atoms with Crippen LogP contribution in [0.5, 0.6) is 0 Å². The van der Waals surface area contributed by atoms with Gasteiger partial charge in [0.2, 0.25) is 5.71 Å². The fourth-order valence-electron chi connectivity index (χ4n) is 3.65. The first-order valence-electron chi connectivity index (χ1n) is 9.66. The van der Waals surface area contributed by atoms with Gasteiger partial charge in [0.1, 0.15) is 17.5 Å². The summed E-state index contributed by atoms with van der Waals surface area (Å²) in [6.07, 6.45) is 5.78. The van der Waals surface area contributed by atoms with E-state index in [1.165, 1.54) is 10.9 Å². The van der Waals surface area contributed by atoms with Crippen LogP contribution in [0.3, 0.4) is 0 Å². The molecule has 28 heavy (non-hydrogen) atoms. The van der Waals surface area contributed by atoms with Gasteiger partial charge in [-0.15, -0.1) is 6.58 Å². The number of rotatable bonds is 8. The molecule has 1 N–H and O–H groups in total. The highest BCUT2D eigenvalue weighted by atomic mass is 16.5. The molecule has 1 aliphatic heterocycles. The monoisotopic (exact) mass is 388 g/mol. The van der Waals surface area contributed by atoms with Crippen molar-refractivity contribution in [2.24, 2.45) is 0 Å². The topological polar surface area (TPSA) is 89.6 Å². The number of piperidine rings is 1. The third-order valence-electron chi connectivity index (χ3n) is 5.14. The zero-order valence-electron chi connectivity index (χ0n) is 16.6. The Morgan fingerprint density at radius 1 is 1.46 bits per heavy atom. The number of ether oxygens (including phenoxy) is 1. The van der Waals surface area contributed by atoms with Gasteiger partial charge in [-0.1, -0.05) is 6.08 Å². The van der Waals surface area contributed by atoms with Crippen molar-refractivity contribution < 1.29 is 13.9 Å². The minimum atomic E-state index is -0.271. The fraction of sp³-hybridized carbons (Fsp3) is 0.550. The van der Waals surface area contributed by atoms with E-state index in [9.17, 15) is 9.59 Å². The van der Waals surface area contributed by atoms with E-state index in [4.69, 9.17) is 9.15 Å². The highest BCUT2D eigenvalue weighted by molar-refractivity contribution is 6.06. The van der Waals surface area contributed by atoms with Crippen LogP contribution in [-0.2, 0) is 11.3 Å². The Morgan fingerprint density at radius 3 is 2.89 bits per heavy atom. The lowest BCUT2D eigenvalue weighted by Gasteiger charge is -2.31. The average Bonchev–Trinajstić information content (AvgIpc) is 3.02. The second-order valence-electron chi connectivity index (χ2n) is 7.14. The number of fused-ring (bicyclic) bond motifs is 1. The van der Waals surface area contributed by atoms with Gasteiger partial charge in [-0.25, -0.2) is 4.98 Å². The van der Waals surface area contributed by atoms with Gasteiger partial charge in [-0.3, -0.25) is 19.1 Å². The molecule has 8 heteroatoms. The first-order valence-corrected chi connectivity index (χ1v) is 9.66. The van der Waals surface area contributed by atoms with Crippen molar-refractivity contribution in [2.45, 2.75) is 38.8 Å². The van der Waals surface area contributed by atoms with Crippen molar-refractivity contribution in [3.05, 3.63) is 40.7 Å². The number of hydrogen-bond acceptors (Lipinski definition) is 6. The first-order chi connectivity index (χ1) is 13.5. The summed E-state index contributed by atoms with van der Waals surface area (Å²) in [6, 6.07) is 0.0820. The molecule has 3 heterocycles. The first kappa shape index (κ1) is 20.3. The van der Waals surface area contributed by atoms with Gasteiger partial charge >= 0.3 is 0 Å². The Kier molecular flexibility index (Phi) is 6.64. The third kappa shape index (κ3) is 4.34. The number of carbonyl (C=O) groups is 1. The number of furan rings is 1. The van der Waals surface area contributed by atoms with E-state index in [2.05, 4.69) is 21.8 Å². The number of carbonyl (C=O) groups excluding carboxylic acids is 1. The maximum atomic E-state index is 12.9. The molecule has 0 atom stereocenters. The molecule has 0 bridgehead atoms. The van der Waals surface area contributed by atoms with Crippen LogP contribution >= 0.6 is 0 Å². The molecule has 1 fully saturated rings. The minimum absolute atomic E-state index is 0.0820. The maximum absolute atomic E-state index is 12.9. The van der Waals surface area contributed by atoms with Gasteiger partial charge in [-0.05, 0) is 26.2 Å². The summed E-state index contributed by atoms with van der Waals surface area (Å²) in [5.74, 6) is 0.141. The van der Waals surface area contributed by atoms with Gasteiger partial charge in [0.05, 0.1) is 5.56 Å². The standard InChI is InChI=1S/C20H28N4O4/c1-4-8-23-10-6-15(7-11-23)22-18(25)16-14(2)28-19-17(16)20(26)24(13-21-19)9-5-12-27-3/h4,13,15H,1,5-12H2,2-3H3,(H,22,25). The molecule has 0 radical (unpaired) electrons. The van der Waals surface area contributed by atoms with Gasteiger partial charge < -0.3 is 14.5 Å². The average molecular weight is 388 g/mol. The molecule has 2 aromatic rings. The molecule has 1 aliphatic rings. The number of nitrogens with zero attached hydrogens (tertiary/aromatic N) is 3. The summed E-state index contributed by atoms with van der Waals surface area (Å²) in [7, 11) is 1.62. The predicted octanol–water partition coefficient (Wildman–Crippen LogP) is 1.71. The van der Waals surface area contributed by atoms with E-state index in [1.807, 2.05) is 6.08 Å². The van der Waals surface area contributed by atoms with E-state index in [0.29, 0.717) is 30.9 Å². The van der Waals surface area contributed by atoms with Crippen molar-refractivity contribution in [2.75, 3.05) is 33.4 Å². The molecule has 0 aromatic carbocycles. The van der Waals surface area contributed by atoms with Crippen molar-refractivity contribution in [3.8, 4) is 0 Å². The summed E-state index contributed by atoms with van der Waals surface area (Å²) >= 11 is 0. The summed E-state index contributed by atoms with van der Waals surface area (Å²) in [5.41, 5.74) is 0.238. The number of amides is 1. The van der Waals surface area contributed by atoms with Gasteiger partial charge in [0, 0.05) is 45.9 Å². The zero-order chi connectivity index (χ0) is 20.1. The Morgan fingerprint density at radius 2 is 2.21 bits per heavy atom. The number of nitrogens with one attached hydrogen (secondary N) is 1. The second-order valence-corrected chi connectivity index (χ2v) is 7.14. The summed E-state index contributed by atoms with van der Waals surface area (Å²) in [6.45, 7) is 9.17. The molecule has 0 saturated carbocycles. The normalized spacial score (nSPS) is 15.8. The highest BCUT2D eigenvalue weighted by Gasteiger charge is 2.26. The van der Waals surface area contributed by atoms with Gasteiger partial charge in [0.15, 0.2) is 0 Å². The van der Waals surface area contributed by atoms with E-state index in [1.54, 1.807) is 14.0 Å². The van der Waals surface area contributed by atoms with Crippen LogP contribution in [0, 0.1) is 6.92 Å². The summed E-state index contributed by atoms with van der Waals surface area (Å²) in [4.78, 5) is 32.4. The lowest BCUT2D eigenvalue weighted by atomic mass is 10.0. The number of aryl methyl sites for hydroxylation is 2. The van der Waals surface area contributed by atoms with Crippen LogP contribution in [0.25, 0.3) is 11.1 Å². The SMILES string of the molecule is C=CCN1CCC(NC(=O)c2c(C)oc3ncn(CCCOC)c(=O)c23)CC1. The summed E-state index contributed by atoms with van der Waals surface area (Å²) < 4.78 is 12.1. The van der Waals surface area contributed by atoms with Crippen LogP contribution in [-0.4, -0.2) is 59.8 Å². The predicted molar refractivity (Wildman–Crippen MR) is 107 cm³/mol. The van der Waals surface area contributed by atoms with E-state index in [-0.39, 0.29) is 28.6 Å². The number of aromatic nitrogens is 2. The van der Waals surface area contributed by atoms with Crippen molar-refractivity contribution >= 4 is 17.0 Å². The number of hydrogen-bond donors (Lipinski definition) is 1.